The van der Waals surface area contributed by atoms with Crippen molar-refractivity contribution in [2.45, 2.75) is 49.2 Å². The molecule has 0 spiro atoms. The van der Waals surface area contributed by atoms with E-state index in [2.05, 4.69) is 15.5 Å². The van der Waals surface area contributed by atoms with E-state index in [1.165, 1.54) is 35.7 Å². The first kappa shape index (κ1) is 18.3. The molecule has 0 atom stereocenters. The van der Waals surface area contributed by atoms with Gasteiger partial charge in [-0.3, -0.25) is 4.79 Å². The molecule has 1 heterocycles. The summed E-state index contributed by atoms with van der Waals surface area (Å²) in [5.41, 5.74) is 0.835. The molecular weight excluding hydrogens is 394 g/mol. The third kappa shape index (κ3) is 3.39. The molecule has 0 saturated heterocycles. The van der Waals surface area contributed by atoms with Crippen molar-refractivity contribution in [2.75, 3.05) is 11.6 Å². The normalized spacial score (nSPS) is 30.5. The van der Waals surface area contributed by atoms with E-state index in [9.17, 15) is 4.79 Å². The lowest BCUT2D eigenvalue weighted by atomic mass is 9.53. The van der Waals surface area contributed by atoms with Gasteiger partial charge in [-0.15, -0.1) is 10.2 Å². The fourth-order valence-electron chi connectivity index (χ4n) is 5.93. The predicted octanol–water partition coefficient (Wildman–Crippen LogP) is 3.49. The summed E-state index contributed by atoms with van der Waals surface area (Å²) < 4.78 is 1.42. The van der Waals surface area contributed by atoms with Crippen molar-refractivity contribution in [2.24, 2.45) is 17.8 Å². The summed E-state index contributed by atoms with van der Waals surface area (Å²) >= 11 is 7.37. The standard InChI is InChI=1S/C20H24ClN5OS/c21-16-3-1-2-15(7-16)18-24-25-19(26(18)22)28-11-17(27)23-20-8-12-4-13(9-20)6-14(5-12)10-20/h1-3,7,12-14H,4-6,8-11,22H2,(H,23,27). The molecule has 0 radical (unpaired) electrons. The molecule has 2 aromatic rings. The second-order valence-electron chi connectivity index (χ2n) is 8.72. The number of halogens is 1. The number of hydrogen-bond acceptors (Lipinski definition) is 5. The van der Waals surface area contributed by atoms with Crippen LogP contribution in [0.1, 0.15) is 38.5 Å². The summed E-state index contributed by atoms with van der Waals surface area (Å²) in [5, 5.41) is 12.8. The summed E-state index contributed by atoms with van der Waals surface area (Å²) in [4.78, 5) is 12.7. The van der Waals surface area contributed by atoms with Crippen molar-refractivity contribution in [3.63, 3.8) is 0 Å². The summed E-state index contributed by atoms with van der Waals surface area (Å²) in [6.07, 6.45) is 7.56. The number of nitrogen functional groups attached to an aromatic ring is 1. The zero-order chi connectivity index (χ0) is 19.3. The van der Waals surface area contributed by atoms with Crippen molar-refractivity contribution < 1.29 is 4.79 Å². The van der Waals surface area contributed by atoms with Crippen LogP contribution in [-0.2, 0) is 4.79 Å². The van der Waals surface area contributed by atoms with Crippen molar-refractivity contribution in [3.8, 4) is 11.4 Å². The Hall–Kier alpha value is -1.73. The summed E-state index contributed by atoms with van der Waals surface area (Å²) in [6, 6.07) is 7.32. The van der Waals surface area contributed by atoms with Gasteiger partial charge in [0.2, 0.25) is 11.1 Å². The Labute approximate surface area is 173 Å². The molecule has 6 nitrogen and oxygen atoms in total. The van der Waals surface area contributed by atoms with Crippen molar-refractivity contribution in [1.29, 1.82) is 0 Å². The van der Waals surface area contributed by atoms with E-state index < -0.39 is 0 Å². The van der Waals surface area contributed by atoms with Crippen LogP contribution in [0.3, 0.4) is 0 Å². The van der Waals surface area contributed by atoms with Crippen LogP contribution in [0.2, 0.25) is 5.02 Å². The van der Waals surface area contributed by atoms with E-state index in [0.29, 0.717) is 21.8 Å². The Kier molecular flexibility index (Phi) is 4.55. The minimum Gasteiger partial charge on any atom is -0.350 e. The molecule has 4 fully saturated rings. The number of nitrogens with two attached hydrogens (primary N) is 1. The van der Waals surface area contributed by atoms with Gasteiger partial charge in [-0.2, -0.15) is 0 Å². The monoisotopic (exact) mass is 417 g/mol. The first-order chi connectivity index (χ1) is 13.5. The zero-order valence-electron chi connectivity index (χ0n) is 15.6. The van der Waals surface area contributed by atoms with Gasteiger partial charge < -0.3 is 11.2 Å². The van der Waals surface area contributed by atoms with Gasteiger partial charge in [-0.25, -0.2) is 4.68 Å². The number of thioether (sulfide) groups is 1. The van der Waals surface area contributed by atoms with Gasteiger partial charge in [0.25, 0.3) is 0 Å². The quantitative estimate of drug-likeness (QED) is 0.574. The van der Waals surface area contributed by atoms with E-state index in [0.717, 1.165) is 42.6 Å². The number of nitrogens with one attached hydrogen (secondary N) is 1. The Balaban J connectivity index is 1.23. The lowest BCUT2D eigenvalue weighted by Gasteiger charge is -2.56. The molecule has 4 saturated carbocycles. The number of benzene rings is 1. The highest BCUT2D eigenvalue weighted by Gasteiger charge is 2.51. The number of hydrogen-bond donors (Lipinski definition) is 2. The molecule has 8 heteroatoms. The SMILES string of the molecule is Nn1c(SCC(=O)NC23CC4CC(CC(C4)C2)C3)nnc1-c1cccc(Cl)c1. The first-order valence-corrected chi connectivity index (χ1v) is 11.3. The van der Waals surface area contributed by atoms with Crippen LogP contribution in [0.5, 0.6) is 0 Å². The molecule has 4 aliphatic rings. The Morgan fingerprint density at radius 1 is 1.21 bits per heavy atom. The lowest BCUT2D eigenvalue weighted by Crippen LogP contribution is -2.60. The molecule has 4 aliphatic carbocycles. The third-order valence-electron chi connectivity index (χ3n) is 6.52. The highest BCUT2D eigenvalue weighted by atomic mass is 35.5. The minimum absolute atomic E-state index is 0.0364. The molecule has 3 N–H and O–H groups in total. The summed E-state index contributed by atoms with van der Waals surface area (Å²) in [6.45, 7) is 0. The van der Waals surface area contributed by atoms with Crippen LogP contribution in [0.15, 0.2) is 29.4 Å². The summed E-state index contributed by atoms with van der Waals surface area (Å²) in [5.74, 6) is 9.49. The molecule has 1 aromatic carbocycles. The van der Waals surface area contributed by atoms with Gasteiger partial charge >= 0.3 is 0 Å². The molecular formula is C20H24ClN5OS. The molecule has 6 rings (SSSR count). The Morgan fingerprint density at radius 3 is 2.54 bits per heavy atom. The highest BCUT2D eigenvalue weighted by Crippen LogP contribution is 2.55. The maximum atomic E-state index is 12.7. The van der Waals surface area contributed by atoms with Crippen molar-refractivity contribution in [3.05, 3.63) is 29.3 Å². The topological polar surface area (TPSA) is 85.8 Å². The van der Waals surface area contributed by atoms with Crippen LogP contribution in [0, 0.1) is 17.8 Å². The van der Waals surface area contributed by atoms with Gasteiger partial charge in [0.05, 0.1) is 5.75 Å². The van der Waals surface area contributed by atoms with E-state index in [1.54, 1.807) is 12.1 Å². The van der Waals surface area contributed by atoms with Crippen LogP contribution in [0.4, 0.5) is 0 Å². The predicted molar refractivity (Wildman–Crippen MR) is 110 cm³/mol. The Morgan fingerprint density at radius 2 is 1.89 bits per heavy atom. The maximum absolute atomic E-state index is 12.7. The zero-order valence-corrected chi connectivity index (χ0v) is 17.2. The van der Waals surface area contributed by atoms with E-state index in [1.807, 2.05) is 12.1 Å². The van der Waals surface area contributed by atoms with Gasteiger partial charge in [-0.1, -0.05) is 35.5 Å². The average Bonchev–Trinajstić information content (AvgIpc) is 2.99. The number of nitrogens with zero attached hydrogens (tertiary/aromatic N) is 3. The molecule has 4 bridgehead atoms. The number of rotatable bonds is 5. The van der Waals surface area contributed by atoms with Gasteiger partial charge in [-0.05, 0) is 68.4 Å². The number of aromatic nitrogens is 3. The molecule has 28 heavy (non-hydrogen) atoms. The largest absolute Gasteiger partial charge is 0.350 e. The molecule has 148 valence electrons. The Bertz CT molecular complexity index is 878. The first-order valence-electron chi connectivity index (χ1n) is 9.90. The third-order valence-corrected chi connectivity index (χ3v) is 7.70. The van der Waals surface area contributed by atoms with E-state index in [-0.39, 0.29) is 11.4 Å². The fourth-order valence-corrected chi connectivity index (χ4v) is 6.77. The highest BCUT2D eigenvalue weighted by molar-refractivity contribution is 7.99. The van der Waals surface area contributed by atoms with Crippen molar-refractivity contribution >= 4 is 29.3 Å². The van der Waals surface area contributed by atoms with E-state index in [4.69, 9.17) is 17.4 Å². The second kappa shape index (κ2) is 6.95. The average molecular weight is 418 g/mol. The van der Waals surface area contributed by atoms with Crippen molar-refractivity contribution in [1.82, 2.24) is 20.2 Å². The van der Waals surface area contributed by atoms with Crippen LogP contribution in [0.25, 0.3) is 11.4 Å². The van der Waals surface area contributed by atoms with Gasteiger partial charge in [0, 0.05) is 16.1 Å². The van der Waals surface area contributed by atoms with Crippen LogP contribution < -0.4 is 11.2 Å². The molecule has 1 amide bonds. The fraction of sp³-hybridized carbons (Fsp3) is 0.550. The minimum atomic E-state index is 0.0364. The second-order valence-corrected chi connectivity index (χ2v) is 10.1. The number of carbonyl (C=O) groups excluding carboxylic acids is 1. The number of carbonyl (C=O) groups is 1. The van der Waals surface area contributed by atoms with Gasteiger partial charge in [0.1, 0.15) is 0 Å². The summed E-state index contributed by atoms with van der Waals surface area (Å²) in [7, 11) is 0. The number of amides is 1. The van der Waals surface area contributed by atoms with Crippen LogP contribution in [-0.4, -0.2) is 32.1 Å². The maximum Gasteiger partial charge on any atom is 0.230 e. The smallest absolute Gasteiger partial charge is 0.230 e. The molecule has 1 aromatic heterocycles. The van der Waals surface area contributed by atoms with E-state index >= 15 is 0 Å². The van der Waals surface area contributed by atoms with Gasteiger partial charge in [0.15, 0.2) is 5.82 Å². The lowest BCUT2D eigenvalue weighted by molar-refractivity contribution is -0.124. The van der Waals surface area contributed by atoms with Crippen LogP contribution >= 0.6 is 23.4 Å². The molecule has 0 unspecified atom stereocenters. The molecule has 0 aliphatic heterocycles.